The Hall–Kier alpha value is -4.32. The topological polar surface area (TPSA) is 82.6 Å². The normalized spacial score (nSPS) is 17.4. The average Bonchev–Trinajstić information content (AvgIpc) is 3.32. The van der Waals surface area contributed by atoms with Crippen molar-refractivity contribution in [3.05, 3.63) is 100 Å². The van der Waals surface area contributed by atoms with Crippen LogP contribution in [0, 0.1) is 20.8 Å². The minimum Gasteiger partial charge on any atom is -0.507 e. The number of nitrogens with one attached hydrogen (secondary N) is 1. The lowest BCUT2D eigenvalue weighted by atomic mass is 9.93. The fraction of sp³-hybridized carbons (Fsp3) is 0.172. The summed E-state index contributed by atoms with van der Waals surface area (Å²) in [5.74, 6) is -1.09. The van der Waals surface area contributed by atoms with Gasteiger partial charge in [0.25, 0.3) is 11.7 Å². The van der Waals surface area contributed by atoms with Gasteiger partial charge >= 0.3 is 0 Å². The Kier molecular flexibility index (Phi) is 5.44. The molecule has 6 heteroatoms. The summed E-state index contributed by atoms with van der Waals surface area (Å²) in [5, 5.41) is 12.3. The molecule has 0 bridgehead atoms. The number of benzene rings is 3. The van der Waals surface area contributed by atoms with Crippen LogP contribution in [0.2, 0.25) is 0 Å². The molecule has 4 aromatic rings. The van der Waals surface area contributed by atoms with Crippen LogP contribution >= 0.6 is 0 Å². The van der Waals surface area contributed by atoms with Gasteiger partial charge in [-0.25, -0.2) is 0 Å². The minimum atomic E-state index is -0.806. The molecular weight excluding hydrogens is 440 g/mol. The molecule has 176 valence electrons. The van der Waals surface area contributed by atoms with Crippen molar-refractivity contribution in [2.24, 2.45) is 0 Å². The number of ketones is 1. The van der Waals surface area contributed by atoms with Gasteiger partial charge in [-0.15, -0.1) is 0 Å². The van der Waals surface area contributed by atoms with Crippen LogP contribution in [0.25, 0.3) is 16.7 Å². The molecule has 5 rings (SSSR count). The maximum absolute atomic E-state index is 13.5. The molecule has 35 heavy (non-hydrogen) atoms. The van der Waals surface area contributed by atoms with E-state index in [0.717, 1.165) is 33.3 Å². The first kappa shape index (κ1) is 22.5. The quantitative estimate of drug-likeness (QED) is 0.229. The van der Waals surface area contributed by atoms with Crippen LogP contribution in [0.4, 0.5) is 5.69 Å². The van der Waals surface area contributed by atoms with Crippen molar-refractivity contribution in [2.45, 2.75) is 26.8 Å². The van der Waals surface area contributed by atoms with E-state index < -0.39 is 17.7 Å². The van der Waals surface area contributed by atoms with Crippen LogP contribution in [0.3, 0.4) is 0 Å². The highest BCUT2D eigenvalue weighted by atomic mass is 16.5. The largest absolute Gasteiger partial charge is 0.507 e. The highest BCUT2D eigenvalue weighted by molar-refractivity contribution is 6.52. The van der Waals surface area contributed by atoms with Crippen LogP contribution in [-0.2, 0) is 9.59 Å². The first-order valence-electron chi connectivity index (χ1n) is 11.4. The number of carbonyl (C=O) groups excluding carboxylic acids is 2. The van der Waals surface area contributed by atoms with Crippen molar-refractivity contribution in [3.63, 3.8) is 0 Å². The summed E-state index contributed by atoms with van der Waals surface area (Å²) >= 11 is 0. The van der Waals surface area contributed by atoms with E-state index in [1.807, 2.05) is 63.2 Å². The number of amides is 1. The summed E-state index contributed by atoms with van der Waals surface area (Å²) in [4.78, 5) is 31.9. The Morgan fingerprint density at radius 1 is 0.943 bits per heavy atom. The number of aromatic amines is 1. The molecular formula is C29H26N2O4. The lowest BCUT2D eigenvalue weighted by molar-refractivity contribution is -0.132. The van der Waals surface area contributed by atoms with Crippen molar-refractivity contribution in [2.75, 3.05) is 12.0 Å². The molecule has 1 saturated heterocycles. The number of fused-ring (bicyclic) bond motifs is 1. The Morgan fingerprint density at radius 2 is 1.71 bits per heavy atom. The number of hydrogen-bond donors (Lipinski definition) is 2. The van der Waals surface area contributed by atoms with Gasteiger partial charge in [0.2, 0.25) is 0 Å². The van der Waals surface area contributed by atoms with Crippen LogP contribution in [0.5, 0.6) is 5.75 Å². The Balaban J connectivity index is 1.82. The van der Waals surface area contributed by atoms with Gasteiger partial charge in [-0.1, -0.05) is 36.4 Å². The number of nitrogens with zero attached hydrogens (tertiary/aromatic N) is 1. The van der Waals surface area contributed by atoms with E-state index in [-0.39, 0.29) is 11.3 Å². The van der Waals surface area contributed by atoms with Crippen molar-refractivity contribution in [1.82, 2.24) is 4.98 Å². The lowest BCUT2D eigenvalue weighted by Gasteiger charge is -2.26. The third kappa shape index (κ3) is 3.58. The second-order valence-corrected chi connectivity index (χ2v) is 8.88. The molecule has 1 unspecified atom stereocenters. The highest BCUT2D eigenvalue weighted by Gasteiger charge is 2.48. The van der Waals surface area contributed by atoms with E-state index >= 15 is 0 Å². The number of rotatable bonds is 4. The van der Waals surface area contributed by atoms with Gasteiger partial charge in [0.1, 0.15) is 11.5 Å². The zero-order valence-electron chi connectivity index (χ0n) is 20.0. The van der Waals surface area contributed by atoms with E-state index in [1.54, 1.807) is 24.3 Å². The second kappa shape index (κ2) is 8.47. The number of aliphatic hydroxyl groups is 1. The third-order valence-corrected chi connectivity index (χ3v) is 6.77. The summed E-state index contributed by atoms with van der Waals surface area (Å²) < 4.78 is 5.31. The number of anilines is 1. The maximum Gasteiger partial charge on any atom is 0.300 e. The molecule has 2 heterocycles. The molecule has 1 atom stereocenters. The van der Waals surface area contributed by atoms with Crippen LogP contribution in [-0.4, -0.2) is 28.9 Å². The molecule has 1 fully saturated rings. The zero-order chi connectivity index (χ0) is 24.9. The van der Waals surface area contributed by atoms with E-state index in [9.17, 15) is 14.7 Å². The summed E-state index contributed by atoms with van der Waals surface area (Å²) in [6, 6.07) is 19.5. The van der Waals surface area contributed by atoms with Crippen LogP contribution < -0.4 is 9.64 Å². The second-order valence-electron chi connectivity index (χ2n) is 8.88. The molecule has 6 nitrogen and oxygen atoms in total. The monoisotopic (exact) mass is 466 g/mol. The molecule has 0 saturated carbocycles. The predicted octanol–water partition coefficient (Wildman–Crippen LogP) is 5.73. The number of aryl methyl sites for hydroxylation is 3. The molecule has 1 amide bonds. The number of ether oxygens (including phenoxy) is 1. The first-order valence-corrected chi connectivity index (χ1v) is 11.4. The number of Topliss-reactive ketones (excluding diaryl/α,β-unsaturated/α-hetero) is 1. The van der Waals surface area contributed by atoms with Crippen molar-refractivity contribution in [1.29, 1.82) is 0 Å². The summed E-state index contributed by atoms with van der Waals surface area (Å²) in [7, 11) is 1.53. The number of aliphatic hydroxyl groups excluding tert-OH is 1. The van der Waals surface area contributed by atoms with Gasteiger partial charge in [-0.3, -0.25) is 14.5 Å². The van der Waals surface area contributed by atoms with Gasteiger partial charge in [-0.2, -0.15) is 0 Å². The van der Waals surface area contributed by atoms with Gasteiger partial charge in [0, 0.05) is 33.4 Å². The number of aromatic nitrogens is 1. The van der Waals surface area contributed by atoms with Gasteiger partial charge < -0.3 is 14.8 Å². The number of H-pyrrole nitrogens is 1. The molecule has 0 radical (unpaired) electrons. The van der Waals surface area contributed by atoms with E-state index in [1.165, 1.54) is 12.0 Å². The molecule has 1 aromatic heterocycles. The third-order valence-electron chi connectivity index (χ3n) is 6.77. The first-order chi connectivity index (χ1) is 16.8. The molecule has 0 aliphatic carbocycles. The van der Waals surface area contributed by atoms with Crippen molar-refractivity contribution >= 4 is 34.0 Å². The van der Waals surface area contributed by atoms with Crippen LogP contribution in [0.15, 0.2) is 72.3 Å². The highest BCUT2D eigenvalue weighted by Crippen LogP contribution is 2.45. The molecule has 1 aliphatic rings. The molecule has 3 aromatic carbocycles. The Morgan fingerprint density at radius 3 is 2.46 bits per heavy atom. The van der Waals surface area contributed by atoms with Gasteiger partial charge in [-0.05, 0) is 62.2 Å². The van der Waals surface area contributed by atoms with Gasteiger partial charge in [0.05, 0.1) is 18.7 Å². The molecule has 0 spiro atoms. The Bertz CT molecular complexity index is 1530. The van der Waals surface area contributed by atoms with Crippen molar-refractivity contribution < 1.29 is 19.4 Å². The average molecular weight is 467 g/mol. The number of hydrogen-bond acceptors (Lipinski definition) is 4. The predicted molar refractivity (Wildman–Crippen MR) is 137 cm³/mol. The number of carbonyl (C=O) groups is 2. The fourth-order valence-corrected chi connectivity index (χ4v) is 4.82. The summed E-state index contributed by atoms with van der Waals surface area (Å²) in [6.07, 6.45) is 0. The smallest absolute Gasteiger partial charge is 0.300 e. The zero-order valence-corrected chi connectivity index (χ0v) is 20.0. The Labute approximate surface area is 203 Å². The molecule has 2 N–H and O–H groups in total. The van der Waals surface area contributed by atoms with Crippen LogP contribution in [0.1, 0.15) is 34.0 Å². The van der Waals surface area contributed by atoms with Crippen molar-refractivity contribution in [3.8, 4) is 5.75 Å². The fourth-order valence-electron chi connectivity index (χ4n) is 4.82. The van der Waals surface area contributed by atoms with Gasteiger partial charge in [0.15, 0.2) is 0 Å². The number of para-hydroxylation sites is 1. The molecule has 1 aliphatic heterocycles. The summed E-state index contributed by atoms with van der Waals surface area (Å²) in [6.45, 7) is 5.89. The minimum absolute atomic E-state index is 0.0503. The standard InChI is InChI=1S/C29H26N2O4/c1-16-12-13-20(14-17(16)2)31-26(24-18(3)30-23-11-6-5-10-22(23)24)25(28(33)29(31)34)27(32)19-8-7-9-21(15-19)35-4/h5-15,26,30,32H,1-4H3/b27-25+. The lowest BCUT2D eigenvalue weighted by Crippen LogP contribution is -2.29. The van der Waals surface area contributed by atoms with E-state index in [4.69, 9.17) is 4.74 Å². The SMILES string of the molecule is COc1cccc(/C(O)=C2\C(=O)C(=O)N(c3ccc(C)c(C)c3)C2c2c(C)[nH]c3ccccc23)c1. The maximum atomic E-state index is 13.5. The number of methoxy groups -OCH3 is 1. The van der Waals surface area contributed by atoms with E-state index in [0.29, 0.717) is 17.0 Å². The van der Waals surface area contributed by atoms with E-state index in [2.05, 4.69) is 4.98 Å². The summed E-state index contributed by atoms with van der Waals surface area (Å²) in [5.41, 5.74) is 5.65.